The molecule has 2 aliphatic heterocycles. The Kier molecular flexibility index (Phi) is 13.3. The molecule has 2 aromatic rings. The molecule has 2 aromatic carbocycles. The summed E-state index contributed by atoms with van der Waals surface area (Å²) in [6, 6.07) is 16.2. The SMILES string of the molecule is CCC(F)(F)F.CN1C(=O)C(NC(=O)C(CCC(F)(F)F)CC(=O)NCN2CCC(O)CC2)N=C(c2ccccc2)c2ccccc21. The van der Waals surface area contributed by atoms with E-state index in [0.717, 1.165) is 6.92 Å². The van der Waals surface area contributed by atoms with Gasteiger partial charge in [-0.05, 0) is 25.3 Å². The summed E-state index contributed by atoms with van der Waals surface area (Å²) in [5, 5.41) is 14.8. The molecule has 2 heterocycles. The van der Waals surface area contributed by atoms with Gasteiger partial charge in [0.2, 0.25) is 18.0 Å². The molecule has 0 radical (unpaired) electrons. The average Bonchev–Trinajstić information content (AvgIpc) is 3.13. The van der Waals surface area contributed by atoms with E-state index in [-0.39, 0.29) is 12.8 Å². The molecule has 9 nitrogen and oxygen atoms in total. The summed E-state index contributed by atoms with van der Waals surface area (Å²) in [6.07, 6.45) is -12.3. The van der Waals surface area contributed by atoms with E-state index in [0.29, 0.717) is 48.5 Å². The van der Waals surface area contributed by atoms with Gasteiger partial charge < -0.3 is 20.6 Å². The zero-order valence-electron chi connectivity index (χ0n) is 26.1. The van der Waals surface area contributed by atoms with Crippen molar-refractivity contribution in [3.05, 3.63) is 65.7 Å². The van der Waals surface area contributed by atoms with Crippen LogP contribution in [0.15, 0.2) is 59.6 Å². The molecule has 258 valence electrons. The van der Waals surface area contributed by atoms with Crippen molar-refractivity contribution < 1.29 is 45.8 Å². The second kappa shape index (κ2) is 16.7. The molecule has 47 heavy (non-hydrogen) atoms. The second-order valence-corrected chi connectivity index (χ2v) is 11.3. The number of para-hydroxylation sites is 1. The third kappa shape index (κ3) is 12.0. The Morgan fingerprint density at radius 3 is 2.17 bits per heavy atom. The third-order valence-electron chi connectivity index (χ3n) is 7.71. The number of nitrogens with one attached hydrogen (secondary N) is 2. The Labute approximate surface area is 269 Å². The van der Waals surface area contributed by atoms with E-state index in [4.69, 9.17) is 0 Å². The molecular formula is C32H39F6N5O4. The third-order valence-corrected chi connectivity index (χ3v) is 7.71. The number of piperidine rings is 1. The number of likely N-dealkylation sites (N-methyl/N-ethyl adjacent to an activating group) is 1. The van der Waals surface area contributed by atoms with Crippen LogP contribution in [0.25, 0.3) is 0 Å². The van der Waals surface area contributed by atoms with Gasteiger partial charge in [-0.2, -0.15) is 26.3 Å². The molecule has 2 unspecified atom stereocenters. The van der Waals surface area contributed by atoms with Gasteiger partial charge in [-0.15, -0.1) is 0 Å². The van der Waals surface area contributed by atoms with Crippen molar-refractivity contribution in [2.45, 2.75) is 70.1 Å². The van der Waals surface area contributed by atoms with Gasteiger partial charge in [-0.1, -0.05) is 55.5 Å². The summed E-state index contributed by atoms with van der Waals surface area (Å²) in [5.41, 5.74) is 2.36. The molecule has 2 atom stereocenters. The number of halogens is 6. The number of alkyl halides is 6. The lowest BCUT2D eigenvalue weighted by Gasteiger charge is -2.29. The summed E-state index contributed by atoms with van der Waals surface area (Å²) in [6.45, 7) is 2.38. The van der Waals surface area contributed by atoms with Gasteiger partial charge in [0, 0.05) is 56.4 Å². The number of rotatable bonds is 9. The van der Waals surface area contributed by atoms with E-state index < -0.39 is 67.8 Å². The fourth-order valence-electron chi connectivity index (χ4n) is 4.93. The number of benzodiazepines with no additional fused rings is 1. The molecule has 0 bridgehead atoms. The van der Waals surface area contributed by atoms with Crippen LogP contribution < -0.4 is 15.5 Å². The van der Waals surface area contributed by atoms with Crippen LogP contribution in [0.4, 0.5) is 32.0 Å². The molecule has 4 rings (SSSR count). The first-order valence-electron chi connectivity index (χ1n) is 15.2. The Morgan fingerprint density at radius 2 is 1.57 bits per heavy atom. The van der Waals surface area contributed by atoms with Crippen molar-refractivity contribution in [1.29, 1.82) is 0 Å². The van der Waals surface area contributed by atoms with Gasteiger partial charge in [0.25, 0.3) is 5.91 Å². The van der Waals surface area contributed by atoms with E-state index in [1.54, 1.807) is 24.3 Å². The molecule has 3 amide bonds. The van der Waals surface area contributed by atoms with Gasteiger partial charge in [-0.3, -0.25) is 19.3 Å². The largest absolute Gasteiger partial charge is 0.393 e. The highest BCUT2D eigenvalue weighted by Crippen LogP contribution is 2.29. The van der Waals surface area contributed by atoms with E-state index in [1.807, 2.05) is 35.2 Å². The number of aliphatic imine (C=N–C) groups is 1. The fourth-order valence-corrected chi connectivity index (χ4v) is 4.93. The highest BCUT2D eigenvalue weighted by atomic mass is 19.4. The molecule has 15 heteroatoms. The van der Waals surface area contributed by atoms with Crippen LogP contribution in [0.2, 0.25) is 0 Å². The minimum atomic E-state index is -4.53. The predicted molar refractivity (Wildman–Crippen MR) is 163 cm³/mol. The van der Waals surface area contributed by atoms with Crippen LogP contribution in [0.5, 0.6) is 0 Å². The normalized spacial score (nSPS) is 18.2. The van der Waals surface area contributed by atoms with Crippen LogP contribution in [-0.4, -0.2) is 84.9 Å². The van der Waals surface area contributed by atoms with Gasteiger partial charge in [-0.25, -0.2) is 4.99 Å². The van der Waals surface area contributed by atoms with Gasteiger partial charge >= 0.3 is 12.4 Å². The standard InChI is InChI=1S/C29H34F3N5O4.C3H5F3/c1-36-23-10-6-5-9-22(23)25(19-7-3-2-4-8-19)34-26(28(36)41)35-27(40)20(11-14-29(30,31)32)17-24(39)33-18-37-15-12-21(38)13-16-37;1-2-3(4,5)6/h2-10,20-21,26,38H,11-18H2,1H3,(H,33,39)(H,35,40);2H2,1H3. The van der Waals surface area contributed by atoms with E-state index in [1.165, 1.54) is 11.9 Å². The van der Waals surface area contributed by atoms with Crippen molar-refractivity contribution in [2.75, 3.05) is 31.7 Å². The number of amides is 3. The summed E-state index contributed by atoms with van der Waals surface area (Å²) in [4.78, 5) is 47.3. The summed E-state index contributed by atoms with van der Waals surface area (Å²) < 4.78 is 71.7. The van der Waals surface area contributed by atoms with Crippen molar-refractivity contribution >= 4 is 29.1 Å². The predicted octanol–water partition coefficient (Wildman–Crippen LogP) is 4.78. The minimum Gasteiger partial charge on any atom is -0.393 e. The quantitative estimate of drug-likeness (QED) is 0.332. The molecule has 0 saturated carbocycles. The molecule has 0 aliphatic carbocycles. The van der Waals surface area contributed by atoms with Crippen LogP contribution in [0.1, 0.15) is 56.6 Å². The Hall–Kier alpha value is -3.98. The number of aliphatic hydroxyl groups excluding tert-OH is 1. The lowest BCUT2D eigenvalue weighted by atomic mass is 9.97. The maximum absolute atomic E-state index is 13.4. The molecule has 1 saturated heterocycles. The number of likely N-dealkylation sites (tertiary alicyclic amines) is 1. The Balaban J connectivity index is 0.000000913. The highest BCUT2D eigenvalue weighted by molar-refractivity contribution is 6.20. The lowest BCUT2D eigenvalue weighted by molar-refractivity contribution is -0.144. The van der Waals surface area contributed by atoms with Crippen LogP contribution >= 0.6 is 0 Å². The fraction of sp³-hybridized carbons (Fsp3) is 0.500. The maximum atomic E-state index is 13.4. The van der Waals surface area contributed by atoms with E-state index >= 15 is 0 Å². The molecule has 1 fully saturated rings. The first-order valence-corrected chi connectivity index (χ1v) is 15.2. The minimum absolute atomic E-state index is 0.161. The van der Waals surface area contributed by atoms with Crippen molar-refractivity contribution in [3.8, 4) is 0 Å². The number of anilines is 1. The number of aliphatic hydroxyl groups is 1. The number of carbonyl (C=O) groups is 3. The van der Waals surface area contributed by atoms with Gasteiger partial charge in [0.15, 0.2) is 0 Å². The number of nitrogens with zero attached hydrogens (tertiary/aromatic N) is 3. The molecular weight excluding hydrogens is 632 g/mol. The maximum Gasteiger partial charge on any atom is 0.389 e. The molecule has 0 aromatic heterocycles. The summed E-state index contributed by atoms with van der Waals surface area (Å²) in [5.74, 6) is -3.34. The first kappa shape index (κ1) is 37.5. The van der Waals surface area contributed by atoms with Crippen molar-refractivity contribution in [2.24, 2.45) is 10.9 Å². The van der Waals surface area contributed by atoms with Crippen LogP contribution in [0.3, 0.4) is 0 Å². The highest BCUT2D eigenvalue weighted by Gasteiger charge is 2.35. The molecule has 0 spiro atoms. The Morgan fingerprint density at radius 1 is 0.979 bits per heavy atom. The van der Waals surface area contributed by atoms with Crippen molar-refractivity contribution in [3.63, 3.8) is 0 Å². The number of hydrogen-bond donors (Lipinski definition) is 3. The zero-order valence-corrected chi connectivity index (χ0v) is 26.1. The number of carbonyl (C=O) groups excluding carboxylic acids is 3. The topological polar surface area (TPSA) is 114 Å². The van der Waals surface area contributed by atoms with Gasteiger partial charge in [0.05, 0.1) is 24.2 Å². The summed E-state index contributed by atoms with van der Waals surface area (Å²) >= 11 is 0. The monoisotopic (exact) mass is 671 g/mol. The van der Waals surface area contributed by atoms with E-state index in [9.17, 15) is 45.8 Å². The lowest BCUT2D eigenvalue weighted by Crippen LogP contribution is -2.49. The smallest absolute Gasteiger partial charge is 0.389 e. The number of fused-ring (bicyclic) bond motifs is 1. The van der Waals surface area contributed by atoms with E-state index in [2.05, 4.69) is 15.6 Å². The summed E-state index contributed by atoms with van der Waals surface area (Å²) in [7, 11) is 1.54. The number of hydrogen-bond acceptors (Lipinski definition) is 6. The van der Waals surface area contributed by atoms with Crippen molar-refractivity contribution in [1.82, 2.24) is 15.5 Å². The first-order chi connectivity index (χ1) is 22.1. The average molecular weight is 672 g/mol. The second-order valence-electron chi connectivity index (χ2n) is 11.3. The Bertz CT molecular complexity index is 1380. The van der Waals surface area contributed by atoms with Crippen LogP contribution in [0, 0.1) is 5.92 Å². The molecule has 2 aliphatic rings. The van der Waals surface area contributed by atoms with Gasteiger partial charge in [0.1, 0.15) is 0 Å². The molecule has 3 N–H and O–H groups in total. The number of benzene rings is 2. The zero-order chi connectivity index (χ0) is 34.8. The van der Waals surface area contributed by atoms with Crippen LogP contribution in [-0.2, 0) is 14.4 Å².